The van der Waals surface area contributed by atoms with E-state index in [-0.39, 0.29) is 11.4 Å². The van der Waals surface area contributed by atoms with Gasteiger partial charge in [-0.15, -0.1) is 0 Å². The van der Waals surface area contributed by atoms with Crippen molar-refractivity contribution in [3.8, 4) is 11.4 Å². The molecule has 6 nitrogen and oxygen atoms in total. The largest absolute Gasteiger partial charge is 0.485 e. The van der Waals surface area contributed by atoms with E-state index in [1.807, 2.05) is 0 Å². The summed E-state index contributed by atoms with van der Waals surface area (Å²) in [5.74, 6) is -1.39. The molecule has 0 bridgehead atoms. The van der Waals surface area contributed by atoms with Gasteiger partial charge in [-0.25, -0.2) is 13.6 Å². The van der Waals surface area contributed by atoms with E-state index in [4.69, 9.17) is 9.84 Å². The summed E-state index contributed by atoms with van der Waals surface area (Å²) in [5.41, 5.74) is -1.27. The topological polar surface area (TPSA) is 81.4 Å². The molecule has 0 aliphatic carbocycles. The monoisotopic (exact) mass is 296 g/mol. The van der Waals surface area contributed by atoms with Gasteiger partial charge in [0.15, 0.2) is 0 Å². The lowest BCUT2D eigenvalue weighted by Gasteiger charge is -2.12. The molecule has 0 saturated carbocycles. The SMILES string of the molecule is O=C(O)c1ccnn(-c2ccccc2OCC(F)F)c1=O. The normalized spacial score (nSPS) is 10.6. The van der Waals surface area contributed by atoms with Crippen LogP contribution in [0.4, 0.5) is 8.78 Å². The molecule has 0 unspecified atom stereocenters. The molecule has 0 saturated heterocycles. The number of hydrogen-bond acceptors (Lipinski definition) is 4. The number of hydrogen-bond donors (Lipinski definition) is 1. The molecule has 0 aliphatic heterocycles. The molecule has 1 aromatic carbocycles. The zero-order valence-electron chi connectivity index (χ0n) is 10.6. The fraction of sp³-hybridized carbons (Fsp3) is 0.154. The molecule has 1 N–H and O–H groups in total. The van der Waals surface area contributed by atoms with Gasteiger partial charge in [0, 0.05) is 6.20 Å². The van der Waals surface area contributed by atoms with Gasteiger partial charge in [-0.3, -0.25) is 4.79 Å². The molecule has 1 aromatic heterocycles. The number of halogens is 2. The molecule has 0 radical (unpaired) electrons. The molecular weight excluding hydrogens is 286 g/mol. The molecule has 2 rings (SSSR count). The lowest BCUT2D eigenvalue weighted by atomic mass is 10.2. The molecule has 21 heavy (non-hydrogen) atoms. The van der Waals surface area contributed by atoms with Crippen molar-refractivity contribution in [3.05, 3.63) is 52.4 Å². The second-order valence-electron chi connectivity index (χ2n) is 3.94. The van der Waals surface area contributed by atoms with Crippen LogP contribution in [0.2, 0.25) is 0 Å². The third-order valence-electron chi connectivity index (χ3n) is 2.53. The Labute approximate surface area is 117 Å². The molecule has 0 aliphatic rings. The van der Waals surface area contributed by atoms with Gasteiger partial charge in [-0.05, 0) is 18.2 Å². The highest BCUT2D eigenvalue weighted by Gasteiger charge is 2.15. The first-order chi connectivity index (χ1) is 10.0. The minimum Gasteiger partial charge on any atom is -0.485 e. The van der Waals surface area contributed by atoms with Gasteiger partial charge < -0.3 is 9.84 Å². The maximum Gasteiger partial charge on any atom is 0.341 e. The summed E-state index contributed by atoms with van der Waals surface area (Å²) >= 11 is 0. The average Bonchev–Trinajstić information content (AvgIpc) is 2.45. The van der Waals surface area contributed by atoms with E-state index in [0.717, 1.165) is 16.9 Å². The van der Waals surface area contributed by atoms with Crippen LogP contribution in [0.25, 0.3) is 5.69 Å². The molecule has 0 fully saturated rings. The van der Waals surface area contributed by atoms with Crippen molar-refractivity contribution in [2.24, 2.45) is 0 Å². The lowest BCUT2D eigenvalue weighted by Crippen LogP contribution is -2.27. The van der Waals surface area contributed by atoms with E-state index >= 15 is 0 Å². The second-order valence-corrected chi connectivity index (χ2v) is 3.94. The number of carboxylic acid groups (broad SMARTS) is 1. The van der Waals surface area contributed by atoms with Crippen LogP contribution in [0.5, 0.6) is 5.75 Å². The fourth-order valence-corrected chi connectivity index (χ4v) is 1.65. The van der Waals surface area contributed by atoms with Crippen molar-refractivity contribution in [2.45, 2.75) is 6.43 Å². The third-order valence-corrected chi connectivity index (χ3v) is 2.53. The zero-order chi connectivity index (χ0) is 15.4. The maximum absolute atomic E-state index is 12.2. The standard InChI is InChI=1S/C13H10F2N2O4/c14-11(15)7-21-10-4-2-1-3-9(10)17-12(18)8(13(19)20)5-6-16-17/h1-6,11H,7H2,(H,19,20). The summed E-state index contributed by atoms with van der Waals surface area (Å²) in [6.45, 7) is -0.843. The summed E-state index contributed by atoms with van der Waals surface area (Å²) in [7, 11) is 0. The number of carbonyl (C=O) groups is 1. The van der Waals surface area contributed by atoms with Crippen LogP contribution in [0, 0.1) is 0 Å². The van der Waals surface area contributed by atoms with Crippen molar-refractivity contribution < 1.29 is 23.4 Å². The smallest absolute Gasteiger partial charge is 0.341 e. The third kappa shape index (κ3) is 3.22. The maximum atomic E-state index is 12.2. The average molecular weight is 296 g/mol. The number of alkyl halides is 2. The van der Waals surface area contributed by atoms with Crippen molar-refractivity contribution in [3.63, 3.8) is 0 Å². The molecule has 1 heterocycles. The van der Waals surface area contributed by atoms with E-state index in [1.54, 1.807) is 6.07 Å². The van der Waals surface area contributed by atoms with Gasteiger partial charge in [0.1, 0.15) is 23.6 Å². The van der Waals surface area contributed by atoms with Gasteiger partial charge in [0.05, 0.1) is 0 Å². The number of nitrogens with zero attached hydrogens (tertiary/aromatic N) is 2. The number of aromatic carboxylic acids is 1. The fourth-order valence-electron chi connectivity index (χ4n) is 1.65. The van der Waals surface area contributed by atoms with Gasteiger partial charge in [0.2, 0.25) is 0 Å². The van der Waals surface area contributed by atoms with E-state index in [1.165, 1.54) is 18.2 Å². The second kappa shape index (κ2) is 6.12. The van der Waals surface area contributed by atoms with E-state index in [2.05, 4.69) is 5.10 Å². The summed E-state index contributed by atoms with van der Waals surface area (Å²) in [4.78, 5) is 23.0. The Morgan fingerprint density at radius 3 is 2.71 bits per heavy atom. The minimum absolute atomic E-state index is 0.00920. The molecule has 0 atom stereocenters. The van der Waals surface area contributed by atoms with Gasteiger partial charge in [-0.1, -0.05) is 12.1 Å². The zero-order valence-corrected chi connectivity index (χ0v) is 10.6. The molecule has 2 aromatic rings. The van der Waals surface area contributed by atoms with Crippen LogP contribution >= 0.6 is 0 Å². The summed E-state index contributed by atoms with van der Waals surface area (Å²) in [6, 6.07) is 6.95. The van der Waals surface area contributed by atoms with Crippen molar-refractivity contribution in [2.75, 3.05) is 6.61 Å². The number of para-hydroxylation sites is 2. The molecule has 0 amide bonds. The Hall–Kier alpha value is -2.77. The first kappa shape index (κ1) is 14.6. The summed E-state index contributed by atoms with van der Waals surface area (Å²) < 4.78 is 30.1. The number of carboxylic acids is 1. The summed E-state index contributed by atoms with van der Waals surface area (Å²) in [6.07, 6.45) is -1.54. The van der Waals surface area contributed by atoms with Crippen LogP contribution in [-0.2, 0) is 0 Å². The molecule has 110 valence electrons. The Morgan fingerprint density at radius 1 is 1.33 bits per heavy atom. The van der Waals surface area contributed by atoms with Crippen molar-refractivity contribution in [1.82, 2.24) is 9.78 Å². The van der Waals surface area contributed by atoms with Crippen LogP contribution in [-0.4, -0.2) is 33.9 Å². The molecule has 8 heteroatoms. The number of aromatic nitrogens is 2. The van der Waals surface area contributed by atoms with Gasteiger partial charge in [0.25, 0.3) is 12.0 Å². The Bertz CT molecular complexity index is 715. The van der Waals surface area contributed by atoms with E-state index in [9.17, 15) is 18.4 Å². The highest BCUT2D eigenvalue weighted by atomic mass is 19.3. The van der Waals surface area contributed by atoms with Crippen molar-refractivity contribution >= 4 is 5.97 Å². The highest BCUT2D eigenvalue weighted by molar-refractivity contribution is 5.87. The lowest BCUT2D eigenvalue weighted by molar-refractivity contribution is 0.0694. The van der Waals surface area contributed by atoms with Crippen LogP contribution < -0.4 is 10.3 Å². The first-order valence-corrected chi connectivity index (χ1v) is 5.82. The van der Waals surface area contributed by atoms with Gasteiger partial charge in [-0.2, -0.15) is 9.78 Å². The number of ether oxygens (including phenoxy) is 1. The highest BCUT2D eigenvalue weighted by Crippen LogP contribution is 2.21. The van der Waals surface area contributed by atoms with Gasteiger partial charge >= 0.3 is 5.97 Å². The summed E-state index contributed by atoms with van der Waals surface area (Å²) in [5, 5.41) is 12.7. The number of rotatable bonds is 5. The van der Waals surface area contributed by atoms with Crippen LogP contribution in [0.1, 0.15) is 10.4 Å². The van der Waals surface area contributed by atoms with E-state index < -0.39 is 30.1 Å². The Balaban J connectivity index is 2.50. The van der Waals surface area contributed by atoms with E-state index in [0.29, 0.717) is 0 Å². The Morgan fingerprint density at radius 2 is 2.05 bits per heavy atom. The predicted octanol–water partition coefficient (Wildman–Crippen LogP) is 1.57. The van der Waals surface area contributed by atoms with Crippen molar-refractivity contribution in [1.29, 1.82) is 0 Å². The molecular formula is C13H10F2N2O4. The molecule has 0 spiro atoms. The first-order valence-electron chi connectivity index (χ1n) is 5.82. The Kier molecular flexibility index (Phi) is 4.27. The predicted molar refractivity (Wildman–Crippen MR) is 68.3 cm³/mol. The van der Waals surface area contributed by atoms with Crippen LogP contribution in [0.3, 0.4) is 0 Å². The number of benzene rings is 1. The minimum atomic E-state index is -2.67. The van der Waals surface area contributed by atoms with Crippen LogP contribution in [0.15, 0.2) is 41.3 Å². The quantitative estimate of drug-likeness (QED) is 0.905.